The van der Waals surface area contributed by atoms with E-state index < -0.39 is 0 Å². The summed E-state index contributed by atoms with van der Waals surface area (Å²) in [6, 6.07) is 1.89. The molecule has 0 saturated carbocycles. The molecule has 0 amide bonds. The number of hydrogen-bond acceptors (Lipinski definition) is 3. The van der Waals surface area contributed by atoms with Gasteiger partial charge in [-0.05, 0) is 18.9 Å². The van der Waals surface area contributed by atoms with Gasteiger partial charge in [0.05, 0.1) is 11.9 Å². The molecule has 1 rings (SSSR count). The largest absolute Gasteiger partial charge is 0.389 e. The molecule has 0 bridgehead atoms. The van der Waals surface area contributed by atoms with Crippen LogP contribution < -0.4 is 10.6 Å². The highest BCUT2D eigenvalue weighted by atomic mass is 32.1. The van der Waals surface area contributed by atoms with E-state index in [1.807, 2.05) is 12.3 Å². The third-order valence-corrected chi connectivity index (χ3v) is 3.24. The molecule has 1 unspecified atom stereocenters. The monoisotopic (exact) mass is 251 g/mol. The van der Waals surface area contributed by atoms with Crippen LogP contribution in [0.1, 0.15) is 32.8 Å². The maximum absolute atomic E-state index is 5.75. The zero-order valence-electron chi connectivity index (χ0n) is 10.8. The van der Waals surface area contributed by atoms with E-state index in [2.05, 4.69) is 30.7 Å². The Morgan fingerprint density at radius 1 is 1.53 bits per heavy atom. The molecule has 0 aliphatic carbocycles. The Balaban J connectivity index is 2.99. The maximum atomic E-state index is 5.75. The Hall–Kier alpha value is -1.16. The van der Waals surface area contributed by atoms with Crippen molar-refractivity contribution in [2.24, 2.45) is 11.7 Å². The minimum absolute atomic E-state index is 0.435. The second-order valence-corrected chi connectivity index (χ2v) is 4.75. The molecule has 1 atom stereocenters. The first-order valence-corrected chi connectivity index (χ1v) is 6.49. The number of aromatic nitrogens is 1. The molecule has 0 radical (unpaired) electrons. The summed E-state index contributed by atoms with van der Waals surface area (Å²) in [4.78, 5) is 6.90. The average molecular weight is 251 g/mol. The molecule has 1 heterocycles. The quantitative estimate of drug-likeness (QED) is 0.789. The molecule has 0 aliphatic heterocycles. The number of nitrogens with zero attached hydrogens (tertiary/aromatic N) is 2. The van der Waals surface area contributed by atoms with E-state index >= 15 is 0 Å². The lowest BCUT2D eigenvalue weighted by molar-refractivity contribution is 0.547. The van der Waals surface area contributed by atoms with Crippen LogP contribution in [0.3, 0.4) is 0 Å². The summed E-state index contributed by atoms with van der Waals surface area (Å²) in [6.45, 7) is 8.54. The topological polar surface area (TPSA) is 42.2 Å². The van der Waals surface area contributed by atoms with E-state index in [9.17, 15) is 0 Å². The van der Waals surface area contributed by atoms with Gasteiger partial charge in [-0.3, -0.25) is 4.98 Å². The summed E-state index contributed by atoms with van der Waals surface area (Å²) < 4.78 is 0. The van der Waals surface area contributed by atoms with Gasteiger partial charge < -0.3 is 10.6 Å². The van der Waals surface area contributed by atoms with Crippen molar-refractivity contribution < 1.29 is 0 Å². The molecule has 0 aromatic carbocycles. The van der Waals surface area contributed by atoms with E-state index in [0.29, 0.717) is 10.9 Å². The number of nitrogens with two attached hydrogens (primary N) is 1. The van der Waals surface area contributed by atoms with Crippen LogP contribution >= 0.6 is 12.2 Å². The fourth-order valence-electron chi connectivity index (χ4n) is 1.75. The molecule has 0 saturated heterocycles. The summed E-state index contributed by atoms with van der Waals surface area (Å²) in [5, 5.41) is 0. The van der Waals surface area contributed by atoms with E-state index in [1.54, 1.807) is 6.20 Å². The van der Waals surface area contributed by atoms with Gasteiger partial charge in [0.15, 0.2) is 0 Å². The lowest BCUT2D eigenvalue weighted by atomic mass is 10.1. The highest BCUT2D eigenvalue weighted by Gasteiger charge is 2.13. The second kappa shape index (κ2) is 6.55. The van der Waals surface area contributed by atoms with E-state index in [4.69, 9.17) is 18.0 Å². The van der Waals surface area contributed by atoms with E-state index in [-0.39, 0.29) is 0 Å². The molecule has 3 nitrogen and oxygen atoms in total. The highest BCUT2D eigenvalue weighted by molar-refractivity contribution is 7.80. The standard InChI is InChI=1S/C13H21N3S/c1-4-10(3)9-16(5-2)12-8-15-7-6-11(12)13(14)17/h6-8,10H,4-5,9H2,1-3H3,(H2,14,17). The Bertz CT molecular complexity index is 379. The van der Waals surface area contributed by atoms with Crippen molar-refractivity contribution in [1.82, 2.24) is 4.98 Å². The minimum atomic E-state index is 0.435. The fraction of sp³-hybridized carbons (Fsp3) is 0.538. The molecule has 0 fully saturated rings. The molecule has 0 aliphatic rings. The Kier molecular flexibility index (Phi) is 5.35. The zero-order chi connectivity index (χ0) is 12.8. The lowest BCUT2D eigenvalue weighted by Crippen LogP contribution is -2.30. The van der Waals surface area contributed by atoms with Crippen molar-refractivity contribution in [3.8, 4) is 0 Å². The van der Waals surface area contributed by atoms with Gasteiger partial charge in [0.2, 0.25) is 0 Å². The number of hydrogen-bond donors (Lipinski definition) is 1. The van der Waals surface area contributed by atoms with Crippen molar-refractivity contribution >= 4 is 22.9 Å². The molecular weight excluding hydrogens is 230 g/mol. The summed E-state index contributed by atoms with van der Waals surface area (Å²) in [6.07, 6.45) is 4.74. The molecular formula is C13H21N3S. The number of pyridine rings is 1. The molecule has 2 N–H and O–H groups in total. The van der Waals surface area contributed by atoms with Gasteiger partial charge >= 0.3 is 0 Å². The number of thiocarbonyl (C=S) groups is 1. The van der Waals surface area contributed by atoms with Crippen LogP contribution in [-0.2, 0) is 0 Å². The van der Waals surface area contributed by atoms with E-state index in [0.717, 1.165) is 24.3 Å². The lowest BCUT2D eigenvalue weighted by Gasteiger charge is -2.27. The SMILES string of the molecule is CCC(C)CN(CC)c1cnccc1C(N)=S. The van der Waals surface area contributed by atoms with Crippen LogP contribution in [0, 0.1) is 5.92 Å². The van der Waals surface area contributed by atoms with Crippen LogP contribution in [-0.4, -0.2) is 23.1 Å². The van der Waals surface area contributed by atoms with Gasteiger partial charge in [0.25, 0.3) is 0 Å². The fourth-order valence-corrected chi connectivity index (χ4v) is 1.92. The smallest absolute Gasteiger partial charge is 0.106 e. The molecule has 4 heteroatoms. The van der Waals surface area contributed by atoms with Gasteiger partial charge in [0.1, 0.15) is 4.99 Å². The highest BCUT2D eigenvalue weighted by Crippen LogP contribution is 2.20. The predicted octanol–water partition coefficient (Wildman–Crippen LogP) is 2.59. The summed E-state index contributed by atoms with van der Waals surface area (Å²) >= 11 is 5.08. The van der Waals surface area contributed by atoms with Gasteiger partial charge in [-0.15, -0.1) is 0 Å². The summed E-state index contributed by atoms with van der Waals surface area (Å²) in [5.41, 5.74) is 7.71. The normalized spacial score (nSPS) is 12.2. The third kappa shape index (κ3) is 3.66. The minimum Gasteiger partial charge on any atom is -0.389 e. The number of rotatable bonds is 6. The van der Waals surface area contributed by atoms with Gasteiger partial charge in [-0.2, -0.15) is 0 Å². The van der Waals surface area contributed by atoms with Crippen molar-refractivity contribution in [2.45, 2.75) is 27.2 Å². The third-order valence-electron chi connectivity index (χ3n) is 3.02. The second-order valence-electron chi connectivity index (χ2n) is 4.31. The van der Waals surface area contributed by atoms with Crippen molar-refractivity contribution in [2.75, 3.05) is 18.0 Å². The maximum Gasteiger partial charge on any atom is 0.106 e. The van der Waals surface area contributed by atoms with Crippen LogP contribution in [0.15, 0.2) is 18.5 Å². The van der Waals surface area contributed by atoms with Crippen LogP contribution in [0.4, 0.5) is 5.69 Å². The van der Waals surface area contributed by atoms with Crippen molar-refractivity contribution in [1.29, 1.82) is 0 Å². The van der Waals surface area contributed by atoms with E-state index in [1.165, 1.54) is 6.42 Å². The molecule has 94 valence electrons. The zero-order valence-corrected chi connectivity index (χ0v) is 11.6. The molecule has 17 heavy (non-hydrogen) atoms. The average Bonchev–Trinajstić information content (AvgIpc) is 2.35. The Morgan fingerprint density at radius 2 is 2.24 bits per heavy atom. The van der Waals surface area contributed by atoms with Gasteiger partial charge in [-0.1, -0.05) is 32.5 Å². The summed E-state index contributed by atoms with van der Waals surface area (Å²) in [5.74, 6) is 0.648. The van der Waals surface area contributed by atoms with Crippen LogP contribution in [0.2, 0.25) is 0 Å². The first kappa shape index (κ1) is 13.9. The number of anilines is 1. The van der Waals surface area contributed by atoms with Crippen LogP contribution in [0.5, 0.6) is 0 Å². The van der Waals surface area contributed by atoms with Crippen molar-refractivity contribution in [3.63, 3.8) is 0 Å². The molecule has 0 spiro atoms. The van der Waals surface area contributed by atoms with Gasteiger partial charge in [-0.25, -0.2) is 0 Å². The summed E-state index contributed by atoms with van der Waals surface area (Å²) in [7, 11) is 0. The molecule has 1 aromatic rings. The predicted molar refractivity (Wildman–Crippen MR) is 77.5 cm³/mol. The Morgan fingerprint density at radius 3 is 2.76 bits per heavy atom. The van der Waals surface area contributed by atoms with Crippen molar-refractivity contribution in [3.05, 3.63) is 24.0 Å². The molecule has 1 aromatic heterocycles. The first-order valence-electron chi connectivity index (χ1n) is 6.08. The van der Waals surface area contributed by atoms with Crippen LogP contribution in [0.25, 0.3) is 0 Å². The first-order chi connectivity index (χ1) is 8.10. The Labute approximate surface area is 109 Å². The van der Waals surface area contributed by atoms with Gasteiger partial charge in [0, 0.05) is 24.8 Å².